The molecular formula is C17H14O. The van der Waals surface area contributed by atoms with Gasteiger partial charge < -0.3 is 5.11 Å². The normalized spacial score (nSPS) is 11.6. The zero-order valence-electron chi connectivity index (χ0n) is 10.0. The van der Waals surface area contributed by atoms with Gasteiger partial charge in [-0.15, -0.1) is 0 Å². The number of hydrogen-bond acceptors (Lipinski definition) is 1. The van der Waals surface area contributed by atoms with Crippen molar-refractivity contribution in [1.82, 2.24) is 0 Å². The average Bonchev–Trinajstić information content (AvgIpc) is 2.42. The number of rotatable bonds is 2. The zero-order chi connectivity index (χ0) is 12.4. The third-order valence-corrected chi connectivity index (χ3v) is 3.14. The molecule has 1 heteroatoms. The molecule has 3 aromatic rings. The Kier molecular flexibility index (Phi) is 2.83. The molecule has 0 aromatic heterocycles. The van der Waals surface area contributed by atoms with Crippen LogP contribution in [0.25, 0.3) is 27.6 Å². The monoisotopic (exact) mass is 234 g/mol. The molecule has 1 nitrogen and oxygen atoms in total. The van der Waals surface area contributed by atoms with Crippen LogP contribution in [-0.4, -0.2) is 11.7 Å². The van der Waals surface area contributed by atoms with E-state index in [4.69, 9.17) is 5.11 Å². The van der Waals surface area contributed by atoms with Crippen molar-refractivity contribution < 1.29 is 5.11 Å². The topological polar surface area (TPSA) is 20.2 Å². The minimum Gasteiger partial charge on any atom is -0.392 e. The van der Waals surface area contributed by atoms with Gasteiger partial charge in [0, 0.05) is 0 Å². The summed E-state index contributed by atoms with van der Waals surface area (Å²) in [5.41, 5.74) is 1.12. The van der Waals surface area contributed by atoms with Crippen LogP contribution in [0.2, 0.25) is 0 Å². The van der Waals surface area contributed by atoms with Crippen molar-refractivity contribution in [1.29, 1.82) is 0 Å². The fourth-order valence-corrected chi connectivity index (χ4v) is 2.25. The van der Waals surface area contributed by atoms with Crippen LogP contribution in [0, 0.1) is 0 Å². The second kappa shape index (κ2) is 4.63. The number of aliphatic hydroxyl groups is 1. The predicted molar refractivity (Wildman–Crippen MR) is 77.6 cm³/mol. The smallest absolute Gasteiger partial charge is 0.0615 e. The molecule has 3 aromatic carbocycles. The van der Waals surface area contributed by atoms with Gasteiger partial charge in [-0.25, -0.2) is 0 Å². The van der Waals surface area contributed by atoms with Crippen LogP contribution in [0.4, 0.5) is 0 Å². The van der Waals surface area contributed by atoms with Gasteiger partial charge in [0.2, 0.25) is 0 Å². The highest BCUT2D eigenvalue weighted by atomic mass is 16.2. The summed E-state index contributed by atoms with van der Waals surface area (Å²) in [7, 11) is 0. The Hall–Kier alpha value is -2.12. The van der Waals surface area contributed by atoms with Crippen molar-refractivity contribution in [3.63, 3.8) is 0 Å². The minimum absolute atomic E-state index is 0.0791. The van der Waals surface area contributed by atoms with E-state index in [2.05, 4.69) is 54.6 Å². The van der Waals surface area contributed by atoms with E-state index in [1.54, 1.807) is 6.08 Å². The minimum atomic E-state index is 0.0791. The summed E-state index contributed by atoms with van der Waals surface area (Å²) in [4.78, 5) is 0. The first kappa shape index (κ1) is 11.0. The summed E-state index contributed by atoms with van der Waals surface area (Å²) >= 11 is 0. The summed E-state index contributed by atoms with van der Waals surface area (Å²) < 4.78 is 0. The van der Waals surface area contributed by atoms with Gasteiger partial charge >= 0.3 is 0 Å². The van der Waals surface area contributed by atoms with E-state index in [-0.39, 0.29) is 6.61 Å². The Bertz CT molecular complexity index is 726. The average molecular weight is 234 g/mol. The number of aliphatic hydroxyl groups excluding tert-OH is 1. The maximum atomic E-state index is 8.80. The Morgan fingerprint density at radius 1 is 0.778 bits per heavy atom. The lowest BCUT2D eigenvalue weighted by Gasteiger charge is -2.03. The summed E-state index contributed by atoms with van der Waals surface area (Å²) in [6, 6.07) is 19.1. The highest BCUT2D eigenvalue weighted by Crippen LogP contribution is 2.24. The third-order valence-electron chi connectivity index (χ3n) is 3.14. The lowest BCUT2D eigenvalue weighted by molar-refractivity contribution is 0.343. The molecule has 0 aliphatic rings. The van der Waals surface area contributed by atoms with Crippen LogP contribution >= 0.6 is 0 Å². The van der Waals surface area contributed by atoms with Gasteiger partial charge in [-0.2, -0.15) is 0 Å². The van der Waals surface area contributed by atoms with E-state index in [1.807, 2.05) is 6.08 Å². The Labute approximate surface area is 106 Å². The molecule has 0 atom stereocenters. The van der Waals surface area contributed by atoms with Crippen LogP contribution < -0.4 is 0 Å². The van der Waals surface area contributed by atoms with Crippen LogP contribution in [0.5, 0.6) is 0 Å². The van der Waals surface area contributed by atoms with Gasteiger partial charge in [0.05, 0.1) is 6.61 Å². The summed E-state index contributed by atoms with van der Waals surface area (Å²) in [6.07, 6.45) is 3.69. The first-order chi connectivity index (χ1) is 8.86. The molecular weight excluding hydrogens is 220 g/mol. The molecule has 18 heavy (non-hydrogen) atoms. The second-order valence-electron chi connectivity index (χ2n) is 4.39. The maximum Gasteiger partial charge on any atom is 0.0615 e. The highest BCUT2D eigenvalue weighted by Gasteiger charge is 1.98. The standard InChI is InChI=1S/C17H14O/c18-9-3-4-13-7-8-16-11-14-5-1-2-6-15(14)12-17(16)10-13/h1-8,10-12,18H,9H2. The van der Waals surface area contributed by atoms with Crippen LogP contribution in [0.3, 0.4) is 0 Å². The van der Waals surface area contributed by atoms with Crippen molar-refractivity contribution in [2.45, 2.75) is 0 Å². The number of fused-ring (bicyclic) bond motifs is 2. The van der Waals surface area contributed by atoms with Gasteiger partial charge in [0.1, 0.15) is 0 Å². The van der Waals surface area contributed by atoms with Crippen LogP contribution in [-0.2, 0) is 0 Å². The van der Waals surface area contributed by atoms with E-state index in [9.17, 15) is 0 Å². The van der Waals surface area contributed by atoms with Gasteiger partial charge in [-0.1, -0.05) is 48.6 Å². The molecule has 0 radical (unpaired) electrons. The molecule has 0 heterocycles. The van der Waals surface area contributed by atoms with Gasteiger partial charge in [0.15, 0.2) is 0 Å². The van der Waals surface area contributed by atoms with Gasteiger partial charge in [-0.3, -0.25) is 0 Å². The molecule has 3 rings (SSSR count). The molecule has 88 valence electrons. The van der Waals surface area contributed by atoms with Crippen molar-refractivity contribution in [3.05, 3.63) is 66.2 Å². The molecule has 0 saturated carbocycles. The van der Waals surface area contributed by atoms with E-state index < -0.39 is 0 Å². The molecule has 0 bridgehead atoms. The number of benzene rings is 3. The van der Waals surface area contributed by atoms with Crippen molar-refractivity contribution in [2.24, 2.45) is 0 Å². The van der Waals surface area contributed by atoms with Crippen LogP contribution in [0.1, 0.15) is 5.56 Å². The zero-order valence-corrected chi connectivity index (χ0v) is 10.0. The fourth-order valence-electron chi connectivity index (χ4n) is 2.25. The SMILES string of the molecule is OCC=Cc1ccc2cc3ccccc3cc2c1. The second-order valence-corrected chi connectivity index (χ2v) is 4.39. The van der Waals surface area contributed by atoms with E-state index >= 15 is 0 Å². The van der Waals surface area contributed by atoms with Crippen molar-refractivity contribution in [2.75, 3.05) is 6.61 Å². The van der Waals surface area contributed by atoms with Gasteiger partial charge in [0.25, 0.3) is 0 Å². The van der Waals surface area contributed by atoms with Gasteiger partial charge in [-0.05, 0) is 45.3 Å². The molecule has 0 amide bonds. The molecule has 0 aliphatic heterocycles. The van der Waals surface area contributed by atoms with Crippen LogP contribution in [0.15, 0.2) is 60.7 Å². The summed E-state index contributed by atoms with van der Waals surface area (Å²) in [5, 5.41) is 13.8. The molecule has 0 aliphatic carbocycles. The molecule has 0 saturated heterocycles. The molecule has 0 unspecified atom stereocenters. The fraction of sp³-hybridized carbons (Fsp3) is 0.0588. The summed E-state index contributed by atoms with van der Waals surface area (Å²) in [5.74, 6) is 0. The lowest BCUT2D eigenvalue weighted by atomic mass is 10.0. The van der Waals surface area contributed by atoms with E-state index in [0.29, 0.717) is 0 Å². The first-order valence-electron chi connectivity index (χ1n) is 6.07. The molecule has 1 N–H and O–H groups in total. The number of hydrogen-bond donors (Lipinski definition) is 1. The van der Waals surface area contributed by atoms with E-state index in [0.717, 1.165) is 5.56 Å². The Morgan fingerprint density at radius 3 is 2.17 bits per heavy atom. The molecule has 0 fully saturated rings. The lowest BCUT2D eigenvalue weighted by Crippen LogP contribution is -1.79. The highest BCUT2D eigenvalue weighted by molar-refractivity contribution is 5.98. The predicted octanol–water partition coefficient (Wildman–Crippen LogP) is 4.00. The Morgan fingerprint density at radius 2 is 1.44 bits per heavy atom. The first-order valence-corrected chi connectivity index (χ1v) is 6.07. The largest absolute Gasteiger partial charge is 0.392 e. The van der Waals surface area contributed by atoms with E-state index in [1.165, 1.54) is 21.5 Å². The Balaban J connectivity index is 2.21. The van der Waals surface area contributed by atoms with Crippen molar-refractivity contribution in [3.8, 4) is 0 Å². The third kappa shape index (κ3) is 2.01. The quantitative estimate of drug-likeness (QED) is 0.664. The molecule has 0 spiro atoms. The summed E-state index contributed by atoms with van der Waals surface area (Å²) in [6.45, 7) is 0.0791. The maximum absolute atomic E-state index is 8.80. The van der Waals surface area contributed by atoms with Crippen molar-refractivity contribution >= 4 is 27.6 Å².